The maximum Gasteiger partial charge on any atom is 0.229 e. The van der Waals surface area contributed by atoms with E-state index in [2.05, 4.69) is 0 Å². The standard InChI is InChI=1S/C12H10F3N/c13-10-3-1-2-8(6-10)9-4-5-12(15,16)11(14)7-9/h1-7,9H,16H2. The summed E-state index contributed by atoms with van der Waals surface area (Å²) in [5.74, 6) is -4.49. The van der Waals surface area contributed by atoms with Crippen molar-refractivity contribution in [3.05, 3.63) is 59.7 Å². The fourth-order valence-corrected chi connectivity index (χ4v) is 1.59. The van der Waals surface area contributed by atoms with Gasteiger partial charge in [0.2, 0.25) is 5.79 Å². The first-order valence-corrected chi connectivity index (χ1v) is 4.79. The Kier molecular flexibility index (Phi) is 2.59. The number of rotatable bonds is 1. The maximum absolute atomic E-state index is 13.2. The lowest BCUT2D eigenvalue weighted by molar-refractivity contribution is 0.238. The number of nitrogens with two attached hydrogens (primary N) is 1. The van der Waals surface area contributed by atoms with Gasteiger partial charge in [0.15, 0.2) is 5.83 Å². The molecule has 0 saturated heterocycles. The maximum atomic E-state index is 13.2. The average molecular weight is 225 g/mol. The Morgan fingerprint density at radius 3 is 2.62 bits per heavy atom. The average Bonchev–Trinajstić information content (AvgIpc) is 2.22. The lowest BCUT2D eigenvalue weighted by Gasteiger charge is -2.21. The van der Waals surface area contributed by atoms with Gasteiger partial charge in [-0.3, -0.25) is 5.73 Å². The zero-order valence-electron chi connectivity index (χ0n) is 8.33. The third kappa shape index (κ3) is 2.02. The van der Waals surface area contributed by atoms with Crippen LogP contribution in [-0.2, 0) is 0 Å². The molecule has 2 rings (SSSR count). The Bertz CT molecular complexity index is 463. The van der Waals surface area contributed by atoms with Crippen molar-refractivity contribution in [2.45, 2.75) is 11.7 Å². The van der Waals surface area contributed by atoms with E-state index in [1.54, 1.807) is 6.07 Å². The zero-order valence-corrected chi connectivity index (χ0v) is 8.33. The number of alkyl halides is 1. The van der Waals surface area contributed by atoms with Crippen LogP contribution in [-0.4, -0.2) is 5.79 Å². The van der Waals surface area contributed by atoms with Gasteiger partial charge in [-0.15, -0.1) is 0 Å². The van der Waals surface area contributed by atoms with E-state index in [9.17, 15) is 13.2 Å². The van der Waals surface area contributed by atoms with E-state index in [0.717, 1.165) is 12.2 Å². The van der Waals surface area contributed by atoms with Crippen molar-refractivity contribution in [1.82, 2.24) is 0 Å². The smallest absolute Gasteiger partial charge is 0.229 e. The summed E-state index contributed by atoms with van der Waals surface area (Å²) in [7, 11) is 0. The van der Waals surface area contributed by atoms with Gasteiger partial charge in [0.1, 0.15) is 5.82 Å². The van der Waals surface area contributed by atoms with Crippen LogP contribution in [0.15, 0.2) is 48.3 Å². The van der Waals surface area contributed by atoms with Gasteiger partial charge in [-0.2, -0.15) is 0 Å². The van der Waals surface area contributed by atoms with Gasteiger partial charge < -0.3 is 0 Å². The van der Waals surface area contributed by atoms with Crippen LogP contribution in [0.3, 0.4) is 0 Å². The lowest BCUT2D eigenvalue weighted by atomic mass is 9.92. The molecule has 0 saturated carbocycles. The molecule has 0 radical (unpaired) electrons. The van der Waals surface area contributed by atoms with Gasteiger partial charge >= 0.3 is 0 Å². The number of halogens is 3. The summed E-state index contributed by atoms with van der Waals surface area (Å²) < 4.78 is 39.4. The van der Waals surface area contributed by atoms with Crippen molar-refractivity contribution >= 4 is 0 Å². The Balaban J connectivity index is 2.33. The molecule has 0 fully saturated rings. The Morgan fingerprint density at radius 1 is 1.25 bits per heavy atom. The van der Waals surface area contributed by atoms with Crippen molar-refractivity contribution < 1.29 is 13.2 Å². The van der Waals surface area contributed by atoms with Gasteiger partial charge in [-0.05, 0) is 29.8 Å². The van der Waals surface area contributed by atoms with E-state index in [1.165, 1.54) is 24.3 Å². The lowest BCUT2D eigenvalue weighted by Crippen LogP contribution is -2.34. The molecule has 1 aromatic carbocycles. The van der Waals surface area contributed by atoms with Crippen LogP contribution in [0, 0.1) is 5.82 Å². The second-order valence-corrected chi connectivity index (χ2v) is 3.72. The molecule has 1 aliphatic carbocycles. The molecule has 0 spiro atoms. The van der Waals surface area contributed by atoms with E-state index in [1.807, 2.05) is 0 Å². The van der Waals surface area contributed by atoms with Gasteiger partial charge in [-0.1, -0.05) is 18.2 Å². The first-order valence-electron chi connectivity index (χ1n) is 4.79. The fraction of sp³-hybridized carbons (Fsp3) is 0.167. The Labute approximate surface area is 91.1 Å². The van der Waals surface area contributed by atoms with Gasteiger partial charge in [0.05, 0.1) is 0 Å². The van der Waals surface area contributed by atoms with Gasteiger partial charge in [0, 0.05) is 5.92 Å². The van der Waals surface area contributed by atoms with Crippen LogP contribution in [0.2, 0.25) is 0 Å². The zero-order chi connectivity index (χ0) is 11.8. The summed E-state index contributed by atoms with van der Waals surface area (Å²) in [6, 6.07) is 5.73. The number of benzene rings is 1. The second kappa shape index (κ2) is 3.79. The van der Waals surface area contributed by atoms with Crippen LogP contribution in [0.25, 0.3) is 0 Å². The quantitative estimate of drug-likeness (QED) is 0.577. The Hall–Kier alpha value is -1.55. The van der Waals surface area contributed by atoms with Crippen molar-refractivity contribution in [2.75, 3.05) is 0 Å². The van der Waals surface area contributed by atoms with Gasteiger partial charge in [0.25, 0.3) is 0 Å². The molecular weight excluding hydrogens is 215 g/mol. The summed E-state index contributed by atoms with van der Waals surface area (Å²) in [5, 5.41) is 0. The van der Waals surface area contributed by atoms with E-state index in [0.29, 0.717) is 5.56 Å². The highest BCUT2D eigenvalue weighted by atomic mass is 19.2. The third-order valence-electron chi connectivity index (χ3n) is 2.47. The summed E-state index contributed by atoms with van der Waals surface area (Å²) in [6.45, 7) is 0. The highest BCUT2D eigenvalue weighted by Crippen LogP contribution is 2.31. The first-order chi connectivity index (χ1) is 7.49. The Morgan fingerprint density at radius 2 is 2.00 bits per heavy atom. The van der Waals surface area contributed by atoms with Crippen molar-refractivity contribution in [2.24, 2.45) is 5.73 Å². The molecule has 0 heterocycles. The molecule has 0 aromatic heterocycles. The van der Waals surface area contributed by atoms with Crippen LogP contribution >= 0.6 is 0 Å². The molecule has 1 aromatic rings. The molecule has 2 N–H and O–H groups in total. The normalized spacial score (nSPS) is 29.0. The SMILES string of the molecule is NC1(F)C=CC(c2cccc(F)c2)C=C1F. The summed E-state index contributed by atoms with van der Waals surface area (Å²) >= 11 is 0. The molecule has 16 heavy (non-hydrogen) atoms. The number of hydrogen-bond acceptors (Lipinski definition) is 1. The first kappa shape index (κ1) is 11.0. The molecule has 0 amide bonds. The minimum atomic E-state index is -2.54. The molecule has 0 bridgehead atoms. The topological polar surface area (TPSA) is 26.0 Å². The van der Waals surface area contributed by atoms with Crippen molar-refractivity contribution in [1.29, 1.82) is 0 Å². The van der Waals surface area contributed by atoms with E-state index in [4.69, 9.17) is 5.73 Å². The molecule has 1 aliphatic rings. The van der Waals surface area contributed by atoms with Crippen molar-refractivity contribution in [3.63, 3.8) is 0 Å². The fourth-order valence-electron chi connectivity index (χ4n) is 1.59. The molecule has 0 aliphatic heterocycles. The molecule has 1 nitrogen and oxygen atoms in total. The summed E-state index contributed by atoms with van der Waals surface area (Å²) in [5.41, 5.74) is 5.58. The van der Waals surface area contributed by atoms with Crippen molar-refractivity contribution in [3.8, 4) is 0 Å². The van der Waals surface area contributed by atoms with Crippen LogP contribution in [0.1, 0.15) is 11.5 Å². The molecule has 4 heteroatoms. The predicted molar refractivity (Wildman–Crippen MR) is 55.5 cm³/mol. The number of allylic oxidation sites excluding steroid dienone is 2. The minimum Gasteiger partial charge on any atom is -0.290 e. The molecular formula is C12H10F3N. The van der Waals surface area contributed by atoms with E-state index in [-0.39, 0.29) is 0 Å². The van der Waals surface area contributed by atoms with Crippen LogP contribution in [0.5, 0.6) is 0 Å². The summed E-state index contributed by atoms with van der Waals surface area (Å²) in [4.78, 5) is 0. The monoisotopic (exact) mass is 225 g/mol. The third-order valence-corrected chi connectivity index (χ3v) is 2.47. The largest absolute Gasteiger partial charge is 0.290 e. The predicted octanol–water partition coefficient (Wildman–Crippen LogP) is 2.96. The minimum absolute atomic E-state index is 0.412. The molecule has 2 atom stereocenters. The molecule has 84 valence electrons. The molecule has 2 unspecified atom stereocenters. The highest BCUT2D eigenvalue weighted by molar-refractivity contribution is 5.36. The second-order valence-electron chi connectivity index (χ2n) is 3.72. The van der Waals surface area contributed by atoms with Crippen LogP contribution in [0.4, 0.5) is 13.2 Å². The number of hydrogen-bond donors (Lipinski definition) is 1. The van der Waals surface area contributed by atoms with Crippen LogP contribution < -0.4 is 5.73 Å². The van der Waals surface area contributed by atoms with E-state index < -0.39 is 23.4 Å². The van der Waals surface area contributed by atoms with Gasteiger partial charge in [-0.25, -0.2) is 13.2 Å². The summed E-state index contributed by atoms with van der Waals surface area (Å²) in [6.07, 6.45) is 3.41. The highest BCUT2D eigenvalue weighted by Gasteiger charge is 2.31. The van der Waals surface area contributed by atoms with E-state index >= 15 is 0 Å².